The molecule has 2 aromatic rings. The molecule has 1 N–H and O–H groups in total. The standard InChI is InChI=1S/C16H25N5/c1-5-8-17-9-6-7-14-12(2)19-16(20-13(14)3)15-10-18-11-21(15)4/h10-11,17H,5-9H2,1-4H3. The molecule has 0 aromatic carbocycles. The van der Waals surface area contributed by atoms with Gasteiger partial charge < -0.3 is 9.88 Å². The Kier molecular flexibility index (Phi) is 5.44. The Hall–Kier alpha value is -1.75. The van der Waals surface area contributed by atoms with E-state index in [-0.39, 0.29) is 0 Å². The first-order valence-electron chi connectivity index (χ1n) is 7.65. The lowest BCUT2D eigenvalue weighted by molar-refractivity contribution is 0.636. The maximum atomic E-state index is 4.66. The Morgan fingerprint density at radius 2 is 1.86 bits per heavy atom. The summed E-state index contributed by atoms with van der Waals surface area (Å²) in [5.74, 6) is 0.762. The second-order valence-corrected chi connectivity index (χ2v) is 5.44. The first-order chi connectivity index (χ1) is 10.1. The van der Waals surface area contributed by atoms with Gasteiger partial charge in [-0.05, 0) is 51.8 Å². The molecule has 5 nitrogen and oxygen atoms in total. The van der Waals surface area contributed by atoms with Gasteiger partial charge in [0.05, 0.1) is 12.5 Å². The normalized spacial score (nSPS) is 11.0. The summed E-state index contributed by atoms with van der Waals surface area (Å²) in [6.07, 6.45) is 6.91. The highest BCUT2D eigenvalue weighted by molar-refractivity contribution is 5.49. The number of nitrogens with one attached hydrogen (secondary N) is 1. The van der Waals surface area contributed by atoms with Crippen LogP contribution in [0.15, 0.2) is 12.5 Å². The van der Waals surface area contributed by atoms with Crippen molar-refractivity contribution in [2.75, 3.05) is 13.1 Å². The summed E-state index contributed by atoms with van der Waals surface area (Å²) in [5.41, 5.74) is 4.39. The Morgan fingerprint density at radius 3 is 2.43 bits per heavy atom. The van der Waals surface area contributed by atoms with E-state index in [2.05, 4.69) is 41.0 Å². The van der Waals surface area contributed by atoms with Gasteiger partial charge in [0, 0.05) is 18.4 Å². The maximum absolute atomic E-state index is 4.66. The minimum atomic E-state index is 0.762. The van der Waals surface area contributed by atoms with Crippen LogP contribution in [0.25, 0.3) is 11.5 Å². The first-order valence-corrected chi connectivity index (χ1v) is 7.65. The molecular formula is C16H25N5. The first kappa shape index (κ1) is 15.6. The lowest BCUT2D eigenvalue weighted by Gasteiger charge is -2.11. The monoisotopic (exact) mass is 287 g/mol. The zero-order valence-electron chi connectivity index (χ0n) is 13.5. The van der Waals surface area contributed by atoms with E-state index in [1.165, 1.54) is 12.0 Å². The molecule has 5 heteroatoms. The Morgan fingerprint density at radius 1 is 1.14 bits per heavy atom. The van der Waals surface area contributed by atoms with Crippen LogP contribution in [0.4, 0.5) is 0 Å². The Balaban J connectivity index is 2.09. The third kappa shape index (κ3) is 3.88. The fraction of sp³-hybridized carbons (Fsp3) is 0.562. The molecule has 0 fully saturated rings. The van der Waals surface area contributed by atoms with Crippen molar-refractivity contribution in [2.24, 2.45) is 7.05 Å². The number of rotatable bonds is 7. The topological polar surface area (TPSA) is 55.6 Å². The third-order valence-electron chi connectivity index (χ3n) is 3.67. The molecule has 2 heterocycles. The fourth-order valence-corrected chi connectivity index (χ4v) is 2.48. The van der Waals surface area contributed by atoms with Gasteiger partial charge in [-0.1, -0.05) is 6.92 Å². The zero-order valence-corrected chi connectivity index (χ0v) is 13.5. The van der Waals surface area contributed by atoms with E-state index in [1.54, 1.807) is 6.33 Å². The second kappa shape index (κ2) is 7.31. The Labute approximate surface area is 126 Å². The van der Waals surface area contributed by atoms with E-state index in [1.807, 2.05) is 17.8 Å². The number of nitrogens with zero attached hydrogens (tertiary/aromatic N) is 4. The van der Waals surface area contributed by atoms with Crippen molar-refractivity contribution < 1.29 is 0 Å². The lowest BCUT2D eigenvalue weighted by Crippen LogP contribution is -2.17. The van der Waals surface area contributed by atoms with Crippen LogP contribution in [0.3, 0.4) is 0 Å². The van der Waals surface area contributed by atoms with Gasteiger partial charge >= 0.3 is 0 Å². The smallest absolute Gasteiger partial charge is 0.178 e. The van der Waals surface area contributed by atoms with Gasteiger partial charge in [-0.3, -0.25) is 0 Å². The maximum Gasteiger partial charge on any atom is 0.178 e. The molecule has 21 heavy (non-hydrogen) atoms. The molecular weight excluding hydrogens is 262 g/mol. The summed E-state index contributed by atoms with van der Waals surface area (Å²) >= 11 is 0. The largest absolute Gasteiger partial charge is 0.331 e. The van der Waals surface area contributed by atoms with Crippen molar-refractivity contribution in [1.29, 1.82) is 0 Å². The van der Waals surface area contributed by atoms with Crippen LogP contribution < -0.4 is 5.32 Å². The predicted octanol–water partition coefficient (Wildman–Crippen LogP) is 2.43. The quantitative estimate of drug-likeness (QED) is 0.795. The number of aryl methyl sites for hydroxylation is 3. The van der Waals surface area contributed by atoms with Gasteiger partial charge in [0.15, 0.2) is 5.82 Å². The van der Waals surface area contributed by atoms with Crippen molar-refractivity contribution in [1.82, 2.24) is 24.8 Å². The fourth-order valence-electron chi connectivity index (χ4n) is 2.48. The van der Waals surface area contributed by atoms with Gasteiger partial charge in [-0.2, -0.15) is 0 Å². The van der Waals surface area contributed by atoms with Crippen LogP contribution in [0.5, 0.6) is 0 Å². The molecule has 0 unspecified atom stereocenters. The highest BCUT2D eigenvalue weighted by Crippen LogP contribution is 2.19. The van der Waals surface area contributed by atoms with E-state index >= 15 is 0 Å². The highest BCUT2D eigenvalue weighted by Gasteiger charge is 2.11. The SMILES string of the molecule is CCCNCCCc1c(C)nc(-c2cncn2C)nc1C. The van der Waals surface area contributed by atoms with E-state index in [9.17, 15) is 0 Å². The molecule has 0 aliphatic carbocycles. The highest BCUT2D eigenvalue weighted by atomic mass is 15.1. The molecule has 0 saturated heterocycles. The molecule has 0 spiro atoms. The third-order valence-corrected chi connectivity index (χ3v) is 3.67. The van der Waals surface area contributed by atoms with Crippen molar-refractivity contribution in [2.45, 2.75) is 40.0 Å². The van der Waals surface area contributed by atoms with Gasteiger partial charge in [-0.15, -0.1) is 0 Å². The summed E-state index contributed by atoms with van der Waals surface area (Å²) in [6.45, 7) is 8.48. The summed E-state index contributed by atoms with van der Waals surface area (Å²) in [7, 11) is 1.96. The van der Waals surface area contributed by atoms with Crippen molar-refractivity contribution in [3.63, 3.8) is 0 Å². The van der Waals surface area contributed by atoms with Gasteiger partial charge in [0.25, 0.3) is 0 Å². The van der Waals surface area contributed by atoms with Crippen molar-refractivity contribution in [3.8, 4) is 11.5 Å². The van der Waals surface area contributed by atoms with Crippen molar-refractivity contribution in [3.05, 3.63) is 29.5 Å². The molecule has 0 aliphatic heterocycles. The molecule has 0 saturated carbocycles. The molecule has 0 bridgehead atoms. The molecule has 2 aromatic heterocycles. The zero-order chi connectivity index (χ0) is 15.2. The van der Waals surface area contributed by atoms with E-state index in [4.69, 9.17) is 0 Å². The summed E-state index contributed by atoms with van der Waals surface area (Å²) in [6, 6.07) is 0. The molecule has 0 amide bonds. The molecule has 0 atom stereocenters. The van der Waals surface area contributed by atoms with E-state index in [0.717, 1.165) is 48.8 Å². The second-order valence-electron chi connectivity index (χ2n) is 5.44. The summed E-state index contributed by atoms with van der Waals surface area (Å²) in [4.78, 5) is 13.5. The molecule has 0 radical (unpaired) electrons. The number of hydrogen-bond acceptors (Lipinski definition) is 4. The minimum Gasteiger partial charge on any atom is -0.331 e. The average Bonchev–Trinajstić information content (AvgIpc) is 2.87. The van der Waals surface area contributed by atoms with Crippen LogP contribution in [0.1, 0.15) is 36.7 Å². The van der Waals surface area contributed by atoms with E-state index < -0.39 is 0 Å². The van der Waals surface area contributed by atoms with Crippen molar-refractivity contribution >= 4 is 0 Å². The summed E-state index contributed by atoms with van der Waals surface area (Å²) in [5, 5.41) is 3.43. The summed E-state index contributed by atoms with van der Waals surface area (Å²) < 4.78 is 1.95. The van der Waals surface area contributed by atoms with Gasteiger partial charge in [0.2, 0.25) is 0 Å². The lowest BCUT2D eigenvalue weighted by atomic mass is 10.1. The van der Waals surface area contributed by atoms with Crippen LogP contribution in [-0.4, -0.2) is 32.6 Å². The van der Waals surface area contributed by atoms with Gasteiger partial charge in [-0.25, -0.2) is 15.0 Å². The predicted molar refractivity (Wildman–Crippen MR) is 85.2 cm³/mol. The minimum absolute atomic E-state index is 0.762. The number of aromatic nitrogens is 4. The number of hydrogen-bond donors (Lipinski definition) is 1. The van der Waals surface area contributed by atoms with Crippen LogP contribution in [0.2, 0.25) is 0 Å². The molecule has 0 aliphatic rings. The van der Waals surface area contributed by atoms with E-state index in [0.29, 0.717) is 0 Å². The van der Waals surface area contributed by atoms with Crippen LogP contribution in [-0.2, 0) is 13.5 Å². The number of imidazole rings is 1. The van der Waals surface area contributed by atoms with Gasteiger partial charge in [0.1, 0.15) is 5.69 Å². The molecule has 2 rings (SSSR count). The Bertz CT molecular complexity index is 565. The molecule has 114 valence electrons. The average molecular weight is 287 g/mol. The van der Waals surface area contributed by atoms with Crippen LogP contribution >= 0.6 is 0 Å². The van der Waals surface area contributed by atoms with Crippen LogP contribution in [0, 0.1) is 13.8 Å².